The summed E-state index contributed by atoms with van der Waals surface area (Å²) in [4.78, 5) is 11.9. The number of hydrogen-bond donors (Lipinski definition) is 2. The number of nitrogens with two attached hydrogens (primary N) is 1. The van der Waals surface area contributed by atoms with Crippen molar-refractivity contribution in [1.29, 1.82) is 0 Å². The third kappa shape index (κ3) is 3.83. The topological polar surface area (TPSA) is 64.3 Å². The molecule has 0 spiro atoms. The minimum atomic E-state index is -0.215. The van der Waals surface area contributed by atoms with Crippen LogP contribution in [0.1, 0.15) is 38.5 Å². The molecule has 0 aromatic rings. The van der Waals surface area contributed by atoms with Crippen molar-refractivity contribution in [2.24, 2.45) is 11.7 Å². The average molecular weight is 263 g/mol. The second-order valence-electron chi connectivity index (χ2n) is 4.90. The lowest BCUT2D eigenvalue weighted by atomic mass is 10.0. The maximum atomic E-state index is 11.9. The van der Waals surface area contributed by atoms with Crippen molar-refractivity contribution in [1.82, 2.24) is 5.32 Å². The zero-order valence-corrected chi connectivity index (χ0v) is 11.0. The Morgan fingerprint density at radius 1 is 1.24 bits per heavy atom. The summed E-state index contributed by atoms with van der Waals surface area (Å²) in [6.45, 7) is 1.40. The Hall–Kier alpha value is -0.320. The molecule has 3 N–H and O–H groups in total. The summed E-state index contributed by atoms with van der Waals surface area (Å²) in [6, 6.07) is 0.281. The molecule has 0 aromatic carbocycles. The van der Waals surface area contributed by atoms with Crippen LogP contribution >= 0.6 is 12.4 Å². The fraction of sp³-hybridized carbons (Fsp3) is 0.917. The molecule has 17 heavy (non-hydrogen) atoms. The quantitative estimate of drug-likeness (QED) is 0.804. The van der Waals surface area contributed by atoms with Crippen LogP contribution in [0.2, 0.25) is 0 Å². The van der Waals surface area contributed by atoms with Gasteiger partial charge in [0.1, 0.15) is 6.10 Å². The molecule has 1 aliphatic carbocycles. The van der Waals surface area contributed by atoms with Gasteiger partial charge in [-0.15, -0.1) is 12.4 Å². The number of rotatable bonds is 3. The SMILES string of the molecule is Cl.NCC1CCCC1NC(=O)C1CCCCO1. The summed E-state index contributed by atoms with van der Waals surface area (Å²) in [6.07, 6.45) is 6.23. The Morgan fingerprint density at radius 2 is 2.06 bits per heavy atom. The second kappa shape index (κ2) is 7.19. The monoisotopic (exact) mass is 262 g/mol. The van der Waals surface area contributed by atoms with Gasteiger partial charge in [0.25, 0.3) is 0 Å². The van der Waals surface area contributed by atoms with Crippen LogP contribution in [0, 0.1) is 5.92 Å². The van der Waals surface area contributed by atoms with E-state index in [-0.39, 0.29) is 30.5 Å². The van der Waals surface area contributed by atoms with Gasteiger partial charge in [-0.05, 0) is 44.6 Å². The molecule has 2 fully saturated rings. The third-order valence-corrected chi connectivity index (χ3v) is 3.76. The van der Waals surface area contributed by atoms with Crippen LogP contribution in [-0.2, 0) is 9.53 Å². The van der Waals surface area contributed by atoms with Gasteiger partial charge in [-0.25, -0.2) is 0 Å². The zero-order chi connectivity index (χ0) is 11.4. The number of amides is 1. The van der Waals surface area contributed by atoms with E-state index in [9.17, 15) is 4.79 Å². The maximum absolute atomic E-state index is 11.9. The van der Waals surface area contributed by atoms with E-state index in [1.54, 1.807) is 0 Å². The van der Waals surface area contributed by atoms with Gasteiger partial charge in [-0.2, -0.15) is 0 Å². The second-order valence-corrected chi connectivity index (χ2v) is 4.90. The predicted molar refractivity (Wildman–Crippen MR) is 69.2 cm³/mol. The number of carbonyl (C=O) groups excluding carboxylic acids is 1. The van der Waals surface area contributed by atoms with Gasteiger partial charge in [0.05, 0.1) is 0 Å². The third-order valence-electron chi connectivity index (χ3n) is 3.76. The Labute approximate surface area is 109 Å². The molecule has 1 amide bonds. The normalized spacial score (nSPS) is 32.9. The van der Waals surface area contributed by atoms with Crippen molar-refractivity contribution < 1.29 is 9.53 Å². The van der Waals surface area contributed by atoms with Crippen molar-refractivity contribution in [3.63, 3.8) is 0 Å². The van der Waals surface area contributed by atoms with E-state index in [2.05, 4.69) is 5.32 Å². The number of ether oxygens (including phenoxy) is 1. The van der Waals surface area contributed by atoms with Gasteiger partial charge < -0.3 is 15.8 Å². The molecule has 0 bridgehead atoms. The van der Waals surface area contributed by atoms with Crippen LogP contribution in [0.3, 0.4) is 0 Å². The van der Waals surface area contributed by atoms with E-state index in [4.69, 9.17) is 10.5 Å². The molecule has 1 saturated heterocycles. The number of hydrogen-bond acceptors (Lipinski definition) is 3. The molecule has 1 saturated carbocycles. The van der Waals surface area contributed by atoms with Crippen molar-refractivity contribution in [3.8, 4) is 0 Å². The molecule has 0 radical (unpaired) electrons. The minimum Gasteiger partial charge on any atom is -0.368 e. The number of carbonyl (C=O) groups is 1. The standard InChI is InChI=1S/C12H22N2O2.ClH/c13-8-9-4-3-5-10(9)14-12(15)11-6-1-2-7-16-11;/h9-11H,1-8,13H2,(H,14,15);1H. The Morgan fingerprint density at radius 3 is 2.71 bits per heavy atom. The summed E-state index contributed by atoms with van der Waals surface area (Å²) < 4.78 is 5.48. The first-order valence-corrected chi connectivity index (χ1v) is 6.43. The van der Waals surface area contributed by atoms with E-state index in [1.165, 1.54) is 6.42 Å². The largest absolute Gasteiger partial charge is 0.368 e. The maximum Gasteiger partial charge on any atom is 0.249 e. The van der Waals surface area contributed by atoms with Crippen LogP contribution in [-0.4, -0.2) is 31.2 Å². The molecular weight excluding hydrogens is 240 g/mol. The molecule has 2 aliphatic rings. The van der Waals surface area contributed by atoms with Crippen molar-refractivity contribution in [3.05, 3.63) is 0 Å². The highest BCUT2D eigenvalue weighted by Gasteiger charge is 2.30. The first-order chi connectivity index (χ1) is 7.81. The zero-order valence-electron chi connectivity index (χ0n) is 10.2. The summed E-state index contributed by atoms with van der Waals surface area (Å²) >= 11 is 0. The molecule has 5 heteroatoms. The highest BCUT2D eigenvalue weighted by molar-refractivity contribution is 5.85. The van der Waals surface area contributed by atoms with Gasteiger partial charge >= 0.3 is 0 Å². The first kappa shape index (κ1) is 14.7. The lowest BCUT2D eigenvalue weighted by Gasteiger charge is -2.25. The molecule has 1 heterocycles. The smallest absolute Gasteiger partial charge is 0.249 e. The van der Waals surface area contributed by atoms with Crippen molar-refractivity contribution in [2.45, 2.75) is 50.7 Å². The Bertz CT molecular complexity index is 245. The highest BCUT2D eigenvalue weighted by Crippen LogP contribution is 2.25. The molecule has 100 valence electrons. The number of halogens is 1. The van der Waals surface area contributed by atoms with Gasteiger partial charge in [0.15, 0.2) is 0 Å². The summed E-state index contributed by atoms with van der Waals surface area (Å²) in [5.74, 6) is 0.539. The molecule has 1 aliphatic heterocycles. The van der Waals surface area contributed by atoms with E-state index in [1.807, 2.05) is 0 Å². The van der Waals surface area contributed by atoms with Crippen LogP contribution in [0.25, 0.3) is 0 Å². The fourth-order valence-electron chi connectivity index (χ4n) is 2.73. The molecule has 0 aromatic heterocycles. The molecule has 2 rings (SSSR count). The molecule has 3 unspecified atom stereocenters. The summed E-state index contributed by atoms with van der Waals surface area (Å²) in [5, 5.41) is 3.11. The van der Waals surface area contributed by atoms with Gasteiger partial charge in [0.2, 0.25) is 5.91 Å². The van der Waals surface area contributed by atoms with Crippen LogP contribution in [0.15, 0.2) is 0 Å². The average Bonchev–Trinajstić information content (AvgIpc) is 2.77. The van der Waals surface area contributed by atoms with Crippen molar-refractivity contribution in [2.75, 3.05) is 13.2 Å². The van der Waals surface area contributed by atoms with Gasteiger partial charge in [0, 0.05) is 12.6 Å². The summed E-state index contributed by atoms with van der Waals surface area (Å²) in [7, 11) is 0. The fourth-order valence-corrected chi connectivity index (χ4v) is 2.73. The van der Waals surface area contributed by atoms with E-state index < -0.39 is 0 Å². The first-order valence-electron chi connectivity index (χ1n) is 6.43. The molecular formula is C12H23ClN2O2. The lowest BCUT2D eigenvalue weighted by Crippen LogP contribution is -2.46. The molecule has 4 nitrogen and oxygen atoms in total. The lowest BCUT2D eigenvalue weighted by molar-refractivity contribution is -0.136. The Kier molecular flexibility index (Phi) is 6.23. The van der Waals surface area contributed by atoms with E-state index in [0.717, 1.165) is 38.7 Å². The summed E-state index contributed by atoms with van der Waals surface area (Å²) in [5.41, 5.74) is 5.70. The van der Waals surface area contributed by atoms with Crippen LogP contribution in [0.4, 0.5) is 0 Å². The Balaban J connectivity index is 0.00000144. The van der Waals surface area contributed by atoms with Crippen LogP contribution < -0.4 is 11.1 Å². The van der Waals surface area contributed by atoms with Gasteiger partial charge in [-0.3, -0.25) is 4.79 Å². The number of nitrogens with one attached hydrogen (secondary N) is 1. The van der Waals surface area contributed by atoms with Crippen molar-refractivity contribution >= 4 is 18.3 Å². The minimum absolute atomic E-state index is 0. The highest BCUT2D eigenvalue weighted by atomic mass is 35.5. The van der Waals surface area contributed by atoms with E-state index >= 15 is 0 Å². The van der Waals surface area contributed by atoms with E-state index in [0.29, 0.717) is 12.5 Å². The van der Waals surface area contributed by atoms with Crippen LogP contribution in [0.5, 0.6) is 0 Å². The molecule has 3 atom stereocenters. The predicted octanol–water partition coefficient (Wildman–Crippen LogP) is 1.22. The van der Waals surface area contributed by atoms with Gasteiger partial charge in [-0.1, -0.05) is 6.42 Å².